The fourth-order valence-electron chi connectivity index (χ4n) is 1.67. The molecule has 2 rings (SSSR count). The van der Waals surface area contributed by atoms with Gasteiger partial charge in [-0.25, -0.2) is 5.10 Å². The molecule has 2 aromatic rings. The van der Waals surface area contributed by atoms with Gasteiger partial charge in [0.15, 0.2) is 0 Å². The summed E-state index contributed by atoms with van der Waals surface area (Å²) in [5.41, 5.74) is 0.939. The number of fused-ring (bicyclic) bond motifs is 1. The van der Waals surface area contributed by atoms with Crippen molar-refractivity contribution in [2.24, 2.45) is 0 Å². The van der Waals surface area contributed by atoms with E-state index in [-0.39, 0.29) is 5.56 Å². The molecule has 0 fully saturated rings. The van der Waals surface area contributed by atoms with Crippen LogP contribution in [0.5, 0.6) is 0 Å². The molecule has 4 heteroatoms. The molecule has 0 bridgehead atoms. The third-order valence-corrected chi connectivity index (χ3v) is 2.56. The van der Waals surface area contributed by atoms with Gasteiger partial charge in [0.25, 0.3) is 5.56 Å². The molecule has 1 aromatic carbocycles. The Kier molecular flexibility index (Phi) is 3.67. The molecule has 0 unspecified atom stereocenters. The van der Waals surface area contributed by atoms with E-state index in [2.05, 4.69) is 27.7 Å². The van der Waals surface area contributed by atoms with Gasteiger partial charge in [-0.1, -0.05) is 18.2 Å². The summed E-state index contributed by atoms with van der Waals surface area (Å²) in [4.78, 5) is 11.4. The van der Waals surface area contributed by atoms with Crippen LogP contribution in [0.1, 0.15) is 12.0 Å². The Morgan fingerprint density at radius 1 is 1.47 bits per heavy atom. The van der Waals surface area contributed by atoms with Crippen LogP contribution in [0, 0.1) is 0 Å². The predicted octanol–water partition coefficient (Wildman–Crippen LogP) is 1.55. The molecule has 0 amide bonds. The summed E-state index contributed by atoms with van der Waals surface area (Å²) >= 11 is 0. The first kappa shape index (κ1) is 11.5. The number of H-pyrrole nitrogens is 1. The quantitative estimate of drug-likeness (QED) is 0.782. The molecule has 0 aliphatic carbocycles. The molecule has 0 atom stereocenters. The number of aromatic nitrogens is 2. The highest BCUT2D eigenvalue weighted by atomic mass is 16.1. The molecule has 88 valence electrons. The van der Waals surface area contributed by atoms with E-state index in [1.807, 2.05) is 25.2 Å². The Morgan fingerprint density at radius 2 is 2.35 bits per heavy atom. The summed E-state index contributed by atoms with van der Waals surface area (Å²) in [5, 5.41) is 10.8. The van der Waals surface area contributed by atoms with Crippen LogP contribution in [0.15, 0.2) is 35.3 Å². The summed E-state index contributed by atoms with van der Waals surface area (Å²) in [5.74, 6) is 0. The van der Waals surface area contributed by atoms with Crippen LogP contribution in [0.2, 0.25) is 0 Å². The van der Waals surface area contributed by atoms with Crippen LogP contribution in [0.25, 0.3) is 16.8 Å². The lowest BCUT2D eigenvalue weighted by Gasteiger charge is -1.98. The molecule has 4 nitrogen and oxygen atoms in total. The Hall–Kier alpha value is -1.94. The highest BCUT2D eigenvalue weighted by Gasteiger charge is 1.98. The van der Waals surface area contributed by atoms with Gasteiger partial charge in [0.1, 0.15) is 0 Å². The second kappa shape index (κ2) is 5.41. The SMILES string of the molecule is CNCCC=Cc1ccc2c(=O)[nH]ncc2c1. The van der Waals surface area contributed by atoms with Crippen LogP contribution in [-0.2, 0) is 0 Å². The number of hydrogen-bond acceptors (Lipinski definition) is 3. The molecule has 1 aromatic heterocycles. The third kappa shape index (κ3) is 2.79. The van der Waals surface area contributed by atoms with Gasteiger partial charge in [-0.05, 0) is 37.7 Å². The lowest BCUT2D eigenvalue weighted by molar-refractivity contribution is 0.809. The first-order valence-corrected chi connectivity index (χ1v) is 5.60. The van der Waals surface area contributed by atoms with E-state index in [0.29, 0.717) is 5.39 Å². The maximum Gasteiger partial charge on any atom is 0.272 e. The number of rotatable bonds is 4. The van der Waals surface area contributed by atoms with Crippen molar-refractivity contribution >= 4 is 16.8 Å². The average Bonchev–Trinajstić information content (AvgIpc) is 2.35. The fraction of sp³-hybridized carbons (Fsp3) is 0.231. The Morgan fingerprint density at radius 3 is 3.18 bits per heavy atom. The zero-order valence-electron chi connectivity index (χ0n) is 9.73. The average molecular weight is 229 g/mol. The van der Waals surface area contributed by atoms with Crippen molar-refractivity contribution in [2.45, 2.75) is 6.42 Å². The van der Waals surface area contributed by atoms with Gasteiger partial charge in [0.05, 0.1) is 11.6 Å². The first-order valence-electron chi connectivity index (χ1n) is 5.60. The zero-order valence-corrected chi connectivity index (χ0v) is 9.73. The van der Waals surface area contributed by atoms with E-state index in [9.17, 15) is 4.79 Å². The minimum Gasteiger partial charge on any atom is -0.319 e. The summed E-state index contributed by atoms with van der Waals surface area (Å²) in [6, 6.07) is 5.73. The summed E-state index contributed by atoms with van der Waals surface area (Å²) in [6.45, 7) is 0.964. The highest BCUT2D eigenvalue weighted by Crippen LogP contribution is 2.12. The van der Waals surface area contributed by atoms with E-state index in [1.54, 1.807) is 6.20 Å². The van der Waals surface area contributed by atoms with Gasteiger partial charge >= 0.3 is 0 Å². The first-order chi connectivity index (χ1) is 8.31. The molecule has 0 saturated heterocycles. The molecular weight excluding hydrogens is 214 g/mol. The van der Waals surface area contributed by atoms with Crippen LogP contribution in [0.3, 0.4) is 0 Å². The summed E-state index contributed by atoms with van der Waals surface area (Å²) in [7, 11) is 1.93. The number of aromatic amines is 1. The zero-order chi connectivity index (χ0) is 12.1. The molecule has 0 spiro atoms. The van der Waals surface area contributed by atoms with Crippen molar-refractivity contribution in [3.05, 3.63) is 46.4 Å². The smallest absolute Gasteiger partial charge is 0.272 e. The maximum atomic E-state index is 11.4. The van der Waals surface area contributed by atoms with Crippen molar-refractivity contribution in [2.75, 3.05) is 13.6 Å². The van der Waals surface area contributed by atoms with Gasteiger partial charge in [-0.15, -0.1) is 0 Å². The monoisotopic (exact) mass is 229 g/mol. The van der Waals surface area contributed by atoms with Crippen LogP contribution in [0.4, 0.5) is 0 Å². The summed E-state index contributed by atoms with van der Waals surface area (Å²) in [6.07, 6.45) is 6.82. The normalized spacial score (nSPS) is 11.4. The number of nitrogens with one attached hydrogen (secondary N) is 2. The van der Waals surface area contributed by atoms with Crippen molar-refractivity contribution in [3.8, 4) is 0 Å². The van der Waals surface area contributed by atoms with Crippen molar-refractivity contribution in [1.29, 1.82) is 0 Å². The predicted molar refractivity (Wildman–Crippen MR) is 69.9 cm³/mol. The molecule has 0 radical (unpaired) electrons. The Balaban J connectivity index is 2.26. The molecule has 2 N–H and O–H groups in total. The van der Waals surface area contributed by atoms with E-state index < -0.39 is 0 Å². The minimum absolute atomic E-state index is 0.145. The maximum absolute atomic E-state index is 11.4. The van der Waals surface area contributed by atoms with Gasteiger partial charge in [-0.3, -0.25) is 4.79 Å². The standard InChI is InChI=1S/C13H15N3O/c1-14-7-3-2-4-10-5-6-12-11(8-10)9-15-16-13(12)17/h2,4-6,8-9,14H,3,7H2,1H3,(H,16,17). The number of benzene rings is 1. The van der Waals surface area contributed by atoms with E-state index >= 15 is 0 Å². The molecule has 0 aliphatic heterocycles. The van der Waals surface area contributed by atoms with Crippen molar-refractivity contribution in [3.63, 3.8) is 0 Å². The third-order valence-electron chi connectivity index (χ3n) is 2.56. The Labute approximate surface area is 99.4 Å². The summed E-state index contributed by atoms with van der Waals surface area (Å²) < 4.78 is 0. The van der Waals surface area contributed by atoms with Crippen LogP contribution < -0.4 is 10.9 Å². The van der Waals surface area contributed by atoms with Crippen molar-refractivity contribution in [1.82, 2.24) is 15.5 Å². The van der Waals surface area contributed by atoms with Crippen LogP contribution in [-0.4, -0.2) is 23.8 Å². The highest BCUT2D eigenvalue weighted by molar-refractivity contribution is 5.82. The largest absolute Gasteiger partial charge is 0.319 e. The molecular formula is C13H15N3O. The van der Waals surface area contributed by atoms with E-state index in [4.69, 9.17) is 0 Å². The molecule has 0 aliphatic rings. The molecule has 0 saturated carbocycles. The van der Waals surface area contributed by atoms with Gasteiger partial charge < -0.3 is 5.32 Å². The lowest BCUT2D eigenvalue weighted by atomic mass is 10.1. The number of hydrogen-bond donors (Lipinski definition) is 2. The van der Waals surface area contributed by atoms with Gasteiger partial charge in [-0.2, -0.15) is 5.10 Å². The number of nitrogens with zero attached hydrogens (tertiary/aromatic N) is 1. The van der Waals surface area contributed by atoms with E-state index in [0.717, 1.165) is 23.9 Å². The molecule has 17 heavy (non-hydrogen) atoms. The van der Waals surface area contributed by atoms with Crippen molar-refractivity contribution < 1.29 is 0 Å². The van der Waals surface area contributed by atoms with E-state index in [1.165, 1.54) is 0 Å². The molecule has 1 heterocycles. The van der Waals surface area contributed by atoms with Gasteiger partial charge in [0, 0.05) is 5.39 Å². The lowest BCUT2D eigenvalue weighted by Crippen LogP contribution is -2.07. The minimum atomic E-state index is -0.145. The fourth-order valence-corrected chi connectivity index (χ4v) is 1.67. The Bertz CT molecular complexity index is 586. The van der Waals surface area contributed by atoms with Crippen LogP contribution >= 0.6 is 0 Å². The second-order valence-corrected chi connectivity index (χ2v) is 3.84. The van der Waals surface area contributed by atoms with Gasteiger partial charge in [0.2, 0.25) is 0 Å². The topological polar surface area (TPSA) is 57.8 Å². The second-order valence-electron chi connectivity index (χ2n) is 3.84.